The fourth-order valence-corrected chi connectivity index (χ4v) is 4.18. The highest BCUT2D eigenvalue weighted by molar-refractivity contribution is 5.99. The number of methoxy groups -OCH3 is 1. The molecule has 29 heavy (non-hydrogen) atoms. The third kappa shape index (κ3) is 3.25. The molecule has 1 aliphatic heterocycles. The van der Waals surface area contributed by atoms with Crippen molar-refractivity contribution in [3.8, 4) is 0 Å². The molecular formula is C24H25NO4. The first-order chi connectivity index (χ1) is 13.9. The monoisotopic (exact) mass is 391 g/mol. The van der Waals surface area contributed by atoms with Gasteiger partial charge in [0.2, 0.25) is 5.76 Å². The van der Waals surface area contributed by atoms with Crippen LogP contribution in [0.5, 0.6) is 0 Å². The maximum Gasteiger partial charge on any atom is 0.290 e. The summed E-state index contributed by atoms with van der Waals surface area (Å²) in [7, 11) is 1.64. The van der Waals surface area contributed by atoms with E-state index in [2.05, 4.69) is 0 Å². The molecule has 0 spiro atoms. The second-order valence-electron chi connectivity index (χ2n) is 7.79. The summed E-state index contributed by atoms with van der Waals surface area (Å²) in [5, 5.41) is 0.532. The van der Waals surface area contributed by atoms with E-state index in [1.54, 1.807) is 12.0 Å². The average Bonchev–Trinajstić information content (AvgIpc) is 2.96. The standard InChI is InChI=1S/C24H25NO4/c1-14-6-8-17(9-7-14)20-19-21(26)18-13-15(2)12-16(3)22(18)29-23(19)24(27)25(20)10-5-11-28-4/h6-9,12-13,20H,5,10-11H2,1-4H3. The van der Waals surface area contributed by atoms with Crippen LogP contribution in [0.25, 0.3) is 11.0 Å². The molecule has 2 heterocycles. The second-order valence-corrected chi connectivity index (χ2v) is 7.79. The number of fused-ring (bicyclic) bond motifs is 2. The summed E-state index contributed by atoms with van der Waals surface area (Å²) in [6.45, 7) is 6.91. The van der Waals surface area contributed by atoms with Gasteiger partial charge in [0.05, 0.1) is 17.0 Å². The van der Waals surface area contributed by atoms with E-state index in [4.69, 9.17) is 9.15 Å². The third-order valence-corrected chi connectivity index (χ3v) is 5.54. The lowest BCUT2D eigenvalue weighted by molar-refractivity contribution is 0.0708. The van der Waals surface area contributed by atoms with Crippen LogP contribution in [0.4, 0.5) is 0 Å². The van der Waals surface area contributed by atoms with Gasteiger partial charge in [-0.15, -0.1) is 0 Å². The largest absolute Gasteiger partial charge is 0.450 e. The van der Waals surface area contributed by atoms with Crippen LogP contribution >= 0.6 is 0 Å². The maximum atomic E-state index is 13.5. The molecule has 1 aromatic heterocycles. The van der Waals surface area contributed by atoms with Crippen molar-refractivity contribution in [2.45, 2.75) is 33.2 Å². The van der Waals surface area contributed by atoms with E-state index >= 15 is 0 Å². The Morgan fingerprint density at radius 3 is 2.45 bits per heavy atom. The molecule has 4 rings (SSSR count). The minimum absolute atomic E-state index is 0.124. The Balaban J connectivity index is 1.95. The summed E-state index contributed by atoms with van der Waals surface area (Å²) in [5.74, 6) is -0.0712. The van der Waals surface area contributed by atoms with Gasteiger partial charge in [-0.1, -0.05) is 35.9 Å². The number of carbonyl (C=O) groups excluding carboxylic acids is 1. The molecule has 1 atom stereocenters. The normalized spacial score (nSPS) is 15.9. The fraction of sp³-hybridized carbons (Fsp3) is 0.333. The Labute approximate surface area is 169 Å². The number of aryl methyl sites for hydroxylation is 3. The summed E-state index contributed by atoms with van der Waals surface area (Å²) in [6.07, 6.45) is 0.685. The van der Waals surface area contributed by atoms with Gasteiger partial charge in [-0.25, -0.2) is 0 Å². The molecule has 0 N–H and O–H groups in total. The predicted molar refractivity (Wildman–Crippen MR) is 113 cm³/mol. The molecule has 0 saturated heterocycles. The van der Waals surface area contributed by atoms with E-state index in [1.807, 2.05) is 57.2 Å². The van der Waals surface area contributed by atoms with Crippen molar-refractivity contribution in [3.63, 3.8) is 0 Å². The molecule has 0 bridgehead atoms. The van der Waals surface area contributed by atoms with Gasteiger partial charge in [0.1, 0.15) is 5.58 Å². The summed E-state index contributed by atoms with van der Waals surface area (Å²) < 4.78 is 11.2. The molecule has 3 aromatic rings. The van der Waals surface area contributed by atoms with Crippen molar-refractivity contribution in [2.75, 3.05) is 20.3 Å². The van der Waals surface area contributed by atoms with Crippen LogP contribution in [0.15, 0.2) is 45.6 Å². The van der Waals surface area contributed by atoms with E-state index in [9.17, 15) is 9.59 Å². The SMILES string of the molecule is COCCCN1C(=O)c2oc3c(C)cc(C)cc3c(=O)c2C1c1ccc(C)cc1. The molecule has 0 fully saturated rings. The lowest BCUT2D eigenvalue weighted by Crippen LogP contribution is -2.31. The highest BCUT2D eigenvalue weighted by Crippen LogP contribution is 2.38. The summed E-state index contributed by atoms with van der Waals surface area (Å²) in [6, 6.07) is 11.3. The Hall–Kier alpha value is -2.92. The average molecular weight is 391 g/mol. The molecule has 1 unspecified atom stereocenters. The minimum Gasteiger partial charge on any atom is -0.450 e. The maximum absolute atomic E-state index is 13.5. The molecule has 5 heteroatoms. The molecule has 0 aliphatic carbocycles. The number of rotatable bonds is 5. The van der Waals surface area contributed by atoms with Gasteiger partial charge >= 0.3 is 0 Å². The number of hydrogen-bond acceptors (Lipinski definition) is 4. The molecule has 1 amide bonds. The van der Waals surface area contributed by atoms with Gasteiger partial charge in [0.15, 0.2) is 5.43 Å². The summed E-state index contributed by atoms with van der Waals surface area (Å²) in [4.78, 5) is 28.5. The number of hydrogen-bond donors (Lipinski definition) is 0. The Morgan fingerprint density at radius 1 is 1.03 bits per heavy atom. The summed E-state index contributed by atoms with van der Waals surface area (Å²) >= 11 is 0. The van der Waals surface area contributed by atoms with Crippen molar-refractivity contribution in [3.05, 3.63) is 80.2 Å². The second kappa shape index (κ2) is 7.48. The first kappa shape index (κ1) is 19.4. The van der Waals surface area contributed by atoms with Gasteiger partial charge in [0, 0.05) is 20.3 Å². The van der Waals surface area contributed by atoms with E-state index in [0.29, 0.717) is 36.1 Å². The Kier molecular flexibility index (Phi) is 5.01. The molecule has 2 aromatic carbocycles. The number of nitrogens with zero attached hydrogens (tertiary/aromatic N) is 1. The minimum atomic E-state index is -0.448. The third-order valence-electron chi connectivity index (χ3n) is 5.54. The molecule has 1 aliphatic rings. The van der Waals surface area contributed by atoms with Crippen LogP contribution in [0.2, 0.25) is 0 Å². The number of benzene rings is 2. The smallest absolute Gasteiger partial charge is 0.290 e. The lowest BCUT2D eigenvalue weighted by Gasteiger charge is -2.25. The van der Waals surface area contributed by atoms with Crippen molar-refractivity contribution in [1.29, 1.82) is 0 Å². The van der Waals surface area contributed by atoms with Gasteiger partial charge in [-0.2, -0.15) is 0 Å². The zero-order chi connectivity index (χ0) is 20.7. The topological polar surface area (TPSA) is 59.8 Å². The highest BCUT2D eigenvalue weighted by Gasteiger charge is 2.42. The number of amides is 1. The van der Waals surface area contributed by atoms with Crippen LogP contribution < -0.4 is 5.43 Å². The van der Waals surface area contributed by atoms with E-state index in [0.717, 1.165) is 22.3 Å². The van der Waals surface area contributed by atoms with Gasteiger partial charge in [-0.05, 0) is 49.9 Å². The fourth-order valence-electron chi connectivity index (χ4n) is 4.18. The molecule has 0 radical (unpaired) electrons. The van der Waals surface area contributed by atoms with Crippen molar-refractivity contribution < 1.29 is 13.9 Å². The van der Waals surface area contributed by atoms with Crippen LogP contribution in [-0.2, 0) is 4.74 Å². The van der Waals surface area contributed by atoms with Crippen molar-refractivity contribution in [1.82, 2.24) is 4.90 Å². The molecular weight excluding hydrogens is 366 g/mol. The zero-order valence-electron chi connectivity index (χ0n) is 17.2. The van der Waals surface area contributed by atoms with Crippen molar-refractivity contribution in [2.24, 2.45) is 0 Å². The first-order valence-electron chi connectivity index (χ1n) is 9.86. The van der Waals surface area contributed by atoms with Gasteiger partial charge in [0.25, 0.3) is 5.91 Å². The Morgan fingerprint density at radius 2 is 1.76 bits per heavy atom. The molecule has 0 saturated carbocycles. The van der Waals surface area contributed by atoms with Crippen LogP contribution in [0.3, 0.4) is 0 Å². The van der Waals surface area contributed by atoms with Crippen molar-refractivity contribution >= 4 is 16.9 Å². The zero-order valence-corrected chi connectivity index (χ0v) is 17.2. The lowest BCUT2D eigenvalue weighted by atomic mass is 9.96. The van der Waals surface area contributed by atoms with E-state index < -0.39 is 6.04 Å². The predicted octanol–water partition coefficient (Wildman–Crippen LogP) is 4.30. The molecule has 150 valence electrons. The first-order valence-corrected chi connectivity index (χ1v) is 9.86. The van der Waals surface area contributed by atoms with Gasteiger partial charge < -0.3 is 14.1 Å². The van der Waals surface area contributed by atoms with E-state index in [-0.39, 0.29) is 17.1 Å². The number of ether oxygens (including phenoxy) is 1. The summed E-state index contributed by atoms with van der Waals surface area (Å²) in [5.41, 5.74) is 4.70. The quantitative estimate of drug-likeness (QED) is 0.609. The van der Waals surface area contributed by atoms with Crippen LogP contribution in [0.1, 0.15) is 50.8 Å². The van der Waals surface area contributed by atoms with Gasteiger partial charge in [-0.3, -0.25) is 9.59 Å². The van der Waals surface area contributed by atoms with Crippen LogP contribution in [-0.4, -0.2) is 31.1 Å². The highest BCUT2D eigenvalue weighted by atomic mass is 16.5. The van der Waals surface area contributed by atoms with E-state index in [1.165, 1.54) is 0 Å². The molecule has 5 nitrogen and oxygen atoms in total. The van der Waals surface area contributed by atoms with Crippen LogP contribution in [0, 0.1) is 20.8 Å². The number of carbonyl (C=O) groups is 1. The Bertz CT molecular complexity index is 1140.